The molecule has 0 bridgehead atoms. The van der Waals surface area contributed by atoms with Crippen molar-refractivity contribution in [1.82, 2.24) is 0 Å². The molecule has 0 fully saturated rings. The molecular weight excluding hydrogens is 135 g/mol. The highest BCUT2D eigenvalue weighted by Crippen LogP contribution is 1.74. The van der Waals surface area contributed by atoms with Gasteiger partial charge < -0.3 is 4.74 Å². The van der Waals surface area contributed by atoms with E-state index < -0.39 is 5.97 Å². The van der Waals surface area contributed by atoms with Crippen molar-refractivity contribution in [2.75, 3.05) is 6.61 Å². The molecule has 0 radical (unpaired) electrons. The molecule has 0 rings (SSSR count). The predicted molar refractivity (Wildman–Crippen MR) is 37.2 cm³/mol. The van der Waals surface area contributed by atoms with Crippen LogP contribution >= 0.6 is 0 Å². The van der Waals surface area contributed by atoms with Gasteiger partial charge in [-0.15, -0.1) is 0 Å². The summed E-state index contributed by atoms with van der Waals surface area (Å²) in [7, 11) is 0. The van der Waals surface area contributed by atoms with Gasteiger partial charge in [0, 0.05) is 12.3 Å². The van der Waals surface area contributed by atoms with E-state index in [2.05, 4.69) is 16.6 Å². The molecule has 58 valence electrons. The van der Waals surface area contributed by atoms with Gasteiger partial charge in [-0.05, 0) is 6.92 Å². The highest BCUT2D eigenvalue weighted by molar-refractivity contribution is 5.88. The van der Waals surface area contributed by atoms with Gasteiger partial charge in [0.05, 0.1) is 6.61 Å². The Labute approximate surface area is 59.9 Å². The van der Waals surface area contributed by atoms with Crippen molar-refractivity contribution in [1.29, 1.82) is 0 Å². The molecule has 0 N–H and O–H groups in total. The minimum atomic E-state index is -0.431. The summed E-state index contributed by atoms with van der Waals surface area (Å²) >= 11 is 0. The lowest BCUT2D eigenvalue weighted by Crippen LogP contribution is -1.99. The molecule has 3 heteroatoms. The van der Waals surface area contributed by atoms with Crippen LogP contribution in [-0.4, -0.2) is 12.6 Å². The van der Waals surface area contributed by atoms with Crippen LogP contribution in [0.4, 0.5) is 4.70 Å². The molecule has 0 heterocycles. The maximum absolute atomic E-state index is 10.4. The third-order valence-corrected chi connectivity index (χ3v) is 0.643. The van der Waals surface area contributed by atoms with E-state index in [0.717, 1.165) is 0 Å². The first kappa shape index (κ1) is 11.7. The van der Waals surface area contributed by atoms with Gasteiger partial charge in [0.1, 0.15) is 0 Å². The molecule has 0 amide bonds. The van der Waals surface area contributed by atoms with Crippen LogP contribution in [0.15, 0.2) is 0 Å². The number of ether oxygens (including phenoxy) is 1. The maximum atomic E-state index is 10.4. The van der Waals surface area contributed by atoms with Crippen LogP contribution in [0.25, 0.3) is 0 Å². The number of hydrogen-bond donors (Lipinski definition) is 0. The molecule has 0 spiro atoms. The molecular formula is C7H11FO2. The lowest BCUT2D eigenvalue weighted by molar-refractivity contribution is -0.136. The van der Waals surface area contributed by atoms with Crippen LogP contribution in [-0.2, 0) is 9.53 Å². The van der Waals surface area contributed by atoms with Crippen molar-refractivity contribution < 1.29 is 14.2 Å². The second-order valence-electron chi connectivity index (χ2n) is 1.38. The SMILES string of the molecule is CCC#CC(=O)OCC.F. The van der Waals surface area contributed by atoms with Gasteiger partial charge in [-0.2, -0.15) is 0 Å². The van der Waals surface area contributed by atoms with Gasteiger partial charge in [-0.25, -0.2) is 4.79 Å². The quantitative estimate of drug-likeness (QED) is 0.315. The van der Waals surface area contributed by atoms with Gasteiger partial charge in [0.15, 0.2) is 0 Å². The van der Waals surface area contributed by atoms with Crippen molar-refractivity contribution >= 4 is 5.97 Å². The number of rotatable bonds is 1. The Morgan fingerprint density at radius 2 is 2.10 bits per heavy atom. The molecule has 0 aliphatic heterocycles. The average molecular weight is 146 g/mol. The summed E-state index contributed by atoms with van der Waals surface area (Å²) in [6.07, 6.45) is 0.693. The first-order valence-electron chi connectivity index (χ1n) is 2.96. The van der Waals surface area contributed by atoms with E-state index >= 15 is 0 Å². The van der Waals surface area contributed by atoms with E-state index in [1.54, 1.807) is 6.92 Å². The number of hydrogen-bond acceptors (Lipinski definition) is 2. The summed E-state index contributed by atoms with van der Waals surface area (Å²) in [4.78, 5) is 10.4. The fourth-order valence-corrected chi connectivity index (χ4v) is 0.328. The van der Waals surface area contributed by atoms with E-state index in [1.165, 1.54) is 0 Å². The van der Waals surface area contributed by atoms with Gasteiger partial charge in [0.25, 0.3) is 0 Å². The van der Waals surface area contributed by atoms with Crippen molar-refractivity contribution in [3.8, 4) is 11.8 Å². The largest absolute Gasteiger partial charge is 0.456 e. The summed E-state index contributed by atoms with van der Waals surface area (Å²) in [5.74, 6) is 4.50. The molecule has 0 unspecified atom stereocenters. The predicted octanol–water partition coefficient (Wildman–Crippen LogP) is 1.12. The number of carbonyl (C=O) groups excluding carboxylic acids is 1. The van der Waals surface area contributed by atoms with E-state index in [0.29, 0.717) is 13.0 Å². The Bertz CT molecular complexity index is 143. The molecule has 0 aromatic rings. The first-order chi connectivity index (χ1) is 4.31. The molecule has 0 atom stereocenters. The Morgan fingerprint density at radius 3 is 2.50 bits per heavy atom. The highest BCUT2D eigenvalue weighted by Gasteiger charge is 1.89. The van der Waals surface area contributed by atoms with E-state index in [4.69, 9.17) is 0 Å². The molecule has 0 saturated heterocycles. The number of esters is 1. The van der Waals surface area contributed by atoms with E-state index in [1.807, 2.05) is 6.92 Å². The average Bonchev–Trinajstić information content (AvgIpc) is 1.85. The molecule has 0 aliphatic rings. The minimum absolute atomic E-state index is 0. The third kappa shape index (κ3) is 6.96. The summed E-state index contributed by atoms with van der Waals surface area (Å²) < 4.78 is 4.53. The Balaban J connectivity index is 0. The topological polar surface area (TPSA) is 26.3 Å². The zero-order chi connectivity index (χ0) is 7.11. The Kier molecular flexibility index (Phi) is 9.33. The van der Waals surface area contributed by atoms with Gasteiger partial charge in [-0.3, -0.25) is 4.70 Å². The fourth-order valence-electron chi connectivity index (χ4n) is 0.328. The monoisotopic (exact) mass is 146 g/mol. The van der Waals surface area contributed by atoms with Crippen molar-refractivity contribution in [2.45, 2.75) is 20.3 Å². The van der Waals surface area contributed by atoms with Crippen LogP contribution < -0.4 is 0 Å². The second kappa shape index (κ2) is 7.96. The van der Waals surface area contributed by atoms with Crippen LogP contribution in [0.1, 0.15) is 20.3 Å². The Hall–Kier alpha value is -1.04. The molecule has 10 heavy (non-hydrogen) atoms. The van der Waals surface area contributed by atoms with Gasteiger partial charge in [-0.1, -0.05) is 12.8 Å². The summed E-state index contributed by atoms with van der Waals surface area (Å²) in [6, 6.07) is 0. The van der Waals surface area contributed by atoms with Crippen LogP contribution in [0.2, 0.25) is 0 Å². The second-order valence-corrected chi connectivity index (χ2v) is 1.38. The van der Waals surface area contributed by atoms with Crippen LogP contribution in [0.5, 0.6) is 0 Å². The highest BCUT2D eigenvalue weighted by atomic mass is 19.0. The van der Waals surface area contributed by atoms with Gasteiger partial charge >= 0.3 is 5.97 Å². The Morgan fingerprint density at radius 1 is 1.50 bits per heavy atom. The zero-order valence-corrected chi connectivity index (χ0v) is 6.14. The zero-order valence-electron chi connectivity index (χ0n) is 6.14. The summed E-state index contributed by atoms with van der Waals surface area (Å²) in [5.41, 5.74) is 0. The molecule has 0 saturated carbocycles. The third-order valence-electron chi connectivity index (χ3n) is 0.643. The summed E-state index contributed by atoms with van der Waals surface area (Å²) in [6.45, 7) is 4.04. The number of carbonyl (C=O) groups is 1. The lowest BCUT2D eigenvalue weighted by Gasteiger charge is -1.89. The lowest BCUT2D eigenvalue weighted by atomic mass is 10.5. The van der Waals surface area contributed by atoms with E-state index in [9.17, 15) is 4.79 Å². The molecule has 2 nitrogen and oxygen atoms in total. The number of halogens is 1. The van der Waals surface area contributed by atoms with E-state index in [-0.39, 0.29) is 4.70 Å². The first-order valence-corrected chi connectivity index (χ1v) is 2.96. The standard InChI is InChI=1S/C7H10O2.FH/c1-3-5-6-7(8)9-4-2;/h3-4H2,1-2H3;1H. The molecule has 0 aromatic heterocycles. The van der Waals surface area contributed by atoms with Crippen molar-refractivity contribution in [3.05, 3.63) is 0 Å². The summed E-state index contributed by atoms with van der Waals surface area (Å²) in [5, 5.41) is 0. The van der Waals surface area contributed by atoms with Crippen LogP contribution in [0, 0.1) is 11.8 Å². The van der Waals surface area contributed by atoms with Crippen molar-refractivity contribution in [3.63, 3.8) is 0 Å². The molecule has 0 aliphatic carbocycles. The van der Waals surface area contributed by atoms with Gasteiger partial charge in [0.2, 0.25) is 0 Å². The van der Waals surface area contributed by atoms with Crippen LogP contribution in [0.3, 0.4) is 0 Å². The maximum Gasteiger partial charge on any atom is 0.384 e. The fraction of sp³-hybridized carbons (Fsp3) is 0.571. The minimum Gasteiger partial charge on any atom is -0.456 e. The normalized spacial score (nSPS) is 6.60. The molecule has 0 aromatic carbocycles. The smallest absolute Gasteiger partial charge is 0.384 e. The van der Waals surface area contributed by atoms with Crippen molar-refractivity contribution in [2.24, 2.45) is 0 Å².